The van der Waals surface area contributed by atoms with Crippen molar-refractivity contribution >= 4 is 17.6 Å². The minimum Gasteiger partial charge on any atom is -0.466 e. The molecular formula is C29H25N3O4. The van der Waals surface area contributed by atoms with Crippen LogP contribution in [0.1, 0.15) is 22.6 Å². The van der Waals surface area contributed by atoms with Crippen LogP contribution in [0.5, 0.6) is 0 Å². The van der Waals surface area contributed by atoms with Crippen LogP contribution in [0.15, 0.2) is 108 Å². The molecule has 0 aromatic heterocycles. The van der Waals surface area contributed by atoms with Gasteiger partial charge in [-0.25, -0.2) is 9.59 Å². The summed E-state index contributed by atoms with van der Waals surface area (Å²) in [5, 5.41) is 10.2. The Balaban J connectivity index is 1.94. The number of allylic oxidation sites excluding steroid dienone is 1. The number of esters is 2. The number of anilines is 1. The van der Waals surface area contributed by atoms with Crippen LogP contribution in [0.25, 0.3) is 0 Å². The molecule has 3 aromatic carbocycles. The van der Waals surface area contributed by atoms with Crippen LogP contribution >= 0.6 is 0 Å². The number of nitrogens with two attached hydrogens (primary N) is 1. The van der Waals surface area contributed by atoms with E-state index in [4.69, 9.17) is 15.2 Å². The highest BCUT2D eigenvalue weighted by atomic mass is 16.5. The summed E-state index contributed by atoms with van der Waals surface area (Å²) in [5.74, 6) is -2.39. The molecule has 0 fully saturated rings. The molecule has 3 aromatic rings. The van der Waals surface area contributed by atoms with E-state index in [9.17, 15) is 14.9 Å². The largest absolute Gasteiger partial charge is 0.466 e. The smallest absolute Gasteiger partial charge is 0.355 e. The summed E-state index contributed by atoms with van der Waals surface area (Å²) in [6, 6.07) is 28.4. The zero-order valence-electron chi connectivity index (χ0n) is 20.0. The number of ether oxygens (including phenoxy) is 2. The monoisotopic (exact) mass is 479 g/mol. The Morgan fingerprint density at radius 1 is 0.889 bits per heavy atom. The van der Waals surface area contributed by atoms with Crippen molar-refractivity contribution in [3.05, 3.63) is 124 Å². The Bertz CT molecular complexity index is 1390. The average Bonchev–Trinajstić information content (AvgIpc) is 2.92. The minimum absolute atomic E-state index is 0.0187. The van der Waals surface area contributed by atoms with Gasteiger partial charge in [-0.15, -0.1) is 0 Å². The summed E-state index contributed by atoms with van der Waals surface area (Å²) in [5.41, 5.74) is 9.79. The number of hydrogen-bond donors (Lipinski definition) is 1. The third kappa shape index (κ3) is 4.57. The number of hydrogen-bond acceptors (Lipinski definition) is 7. The maximum atomic E-state index is 13.2. The van der Waals surface area contributed by atoms with Gasteiger partial charge in [-0.1, -0.05) is 72.8 Å². The first-order chi connectivity index (χ1) is 17.5. The molecule has 0 aliphatic carbocycles. The van der Waals surface area contributed by atoms with Gasteiger partial charge in [-0.3, -0.25) is 4.90 Å². The van der Waals surface area contributed by atoms with Gasteiger partial charge in [0.05, 0.1) is 37.4 Å². The first kappa shape index (κ1) is 24.3. The van der Waals surface area contributed by atoms with E-state index in [-0.39, 0.29) is 22.7 Å². The molecule has 36 heavy (non-hydrogen) atoms. The van der Waals surface area contributed by atoms with Crippen molar-refractivity contribution in [2.45, 2.75) is 12.3 Å². The quantitative estimate of drug-likeness (QED) is 0.529. The van der Waals surface area contributed by atoms with E-state index in [0.717, 1.165) is 11.1 Å². The van der Waals surface area contributed by atoms with E-state index in [1.807, 2.05) is 54.6 Å². The Morgan fingerprint density at radius 3 is 2.11 bits per heavy atom. The molecule has 0 bridgehead atoms. The summed E-state index contributed by atoms with van der Waals surface area (Å²) in [6.07, 6.45) is 0.644. The molecule has 1 aliphatic rings. The first-order valence-electron chi connectivity index (χ1n) is 11.3. The SMILES string of the molecule is COC(=O)C1=C(C(=O)OC)N(c2cccc(Cc3ccccc3)c2)C(N)=C(C#N)C1c1ccccc1. The predicted molar refractivity (Wildman–Crippen MR) is 135 cm³/mol. The van der Waals surface area contributed by atoms with Crippen molar-refractivity contribution < 1.29 is 19.1 Å². The molecule has 7 nitrogen and oxygen atoms in total. The fraction of sp³-hybridized carbons (Fsp3) is 0.138. The van der Waals surface area contributed by atoms with Gasteiger partial charge in [-0.05, 0) is 35.2 Å². The third-order valence-electron chi connectivity index (χ3n) is 6.03. The van der Waals surface area contributed by atoms with Crippen molar-refractivity contribution in [1.82, 2.24) is 0 Å². The molecule has 1 atom stereocenters. The summed E-state index contributed by atoms with van der Waals surface area (Å²) in [6.45, 7) is 0. The summed E-state index contributed by atoms with van der Waals surface area (Å²) < 4.78 is 10.2. The lowest BCUT2D eigenvalue weighted by Crippen LogP contribution is -2.40. The van der Waals surface area contributed by atoms with E-state index in [1.54, 1.807) is 30.3 Å². The molecule has 1 aliphatic heterocycles. The highest BCUT2D eigenvalue weighted by Crippen LogP contribution is 2.43. The van der Waals surface area contributed by atoms with Crippen LogP contribution < -0.4 is 10.6 Å². The Hall–Kier alpha value is -4.83. The lowest BCUT2D eigenvalue weighted by Gasteiger charge is -2.36. The lowest BCUT2D eigenvalue weighted by atomic mass is 9.81. The second-order valence-corrected chi connectivity index (χ2v) is 8.17. The van der Waals surface area contributed by atoms with Crippen LogP contribution in [0.4, 0.5) is 5.69 Å². The molecule has 0 amide bonds. The fourth-order valence-corrected chi connectivity index (χ4v) is 4.42. The van der Waals surface area contributed by atoms with E-state index < -0.39 is 17.9 Å². The fourth-order valence-electron chi connectivity index (χ4n) is 4.42. The molecule has 1 unspecified atom stereocenters. The standard InChI is InChI=1S/C29H25N3O4/c1-35-28(33)25-24(21-13-7-4-8-14-21)23(18-30)27(31)32(26(25)29(34)36-2)22-15-9-12-20(17-22)16-19-10-5-3-6-11-19/h3-15,17,24H,16,31H2,1-2H3. The van der Waals surface area contributed by atoms with Gasteiger partial charge in [0.15, 0.2) is 0 Å². The van der Waals surface area contributed by atoms with E-state index in [0.29, 0.717) is 17.7 Å². The predicted octanol–water partition coefficient (Wildman–Crippen LogP) is 4.18. The number of carbonyl (C=O) groups excluding carboxylic acids is 2. The van der Waals surface area contributed by atoms with E-state index in [2.05, 4.69) is 6.07 Å². The van der Waals surface area contributed by atoms with E-state index >= 15 is 0 Å². The molecule has 4 rings (SSSR count). The van der Waals surface area contributed by atoms with Gasteiger partial charge >= 0.3 is 11.9 Å². The highest BCUT2D eigenvalue weighted by Gasteiger charge is 2.42. The maximum absolute atomic E-state index is 13.2. The van der Waals surface area contributed by atoms with Crippen LogP contribution in [0, 0.1) is 11.3 Å². The molecule has 0 spiro atoms. The normalized spacial score (nSPS) is 15.4. The number of rotatable bonds is 6. The van der Waals surface area contributed by atoms with Crippen molar-refractivity contribution in [3.8, 4) is 6.07 Å². The van der Waals surface area contributed by atoms with Crippen molar-refractivity contribution in [2.24, 2.45) is 5.73 Å². The average molecular weight is 480 g/mol. The van der Waals surface area contributed by atoms with Gasteiger partial charge in [0, 0.05) is 5.69 Å². The molecule has 2 N–H and O–H groups in total. The number of benzene rings is 3. The molecule has 7 heteroatoms. The van der Waals surface area contributed by atoms with Crippen LogP contribution in [0.2, 0.25) is 0 Å². The number of nitriles is 1. The molecular weight excluding hydrogens is 454 g/mol. The number of nitrogens with zero attached hydrogens (tertiary/aromatic N) is 2. The minimum atomic E-state index is -0.901. The summed E-state index contributed by atoms with van der Waals surface area (Å²) >= 11 is 0. The van der Waals surface area contributed by atoms with Crippen LogP contribution in [-0.2, 0) is 25.5 Å². The van der Waals surface area contributed by atoms with E-state index in [1.165, 1.54) is 19.1 Å². The molecule has 0 radical (unpaired) electrons. The van der Waals surface area contributed by atoms with Crippen molar-refractivity contribution in [2.75, 3.05) is 19.1 Å². The van der Waals surface area contributed by atoms with Gasteiger partial charge in [0.1, 0.15) is 11.5 Å². The van der Waals surface area contributed by atoms with Gasteiger partial charge in [-0.2, -0.15) is 5.26 Å². The van der Waals surface area contributed by atoms with Gasteiger partial charge < -0.3 is 15.2 Å². The zero-order valence-corrected chi connectivity index (χ0v) is 20.0. The van der Waals surface area contributed by atoms with Crippen molar-refractivity contribution in [1.29, 1.82) is 5.26 Å². The lowest BCUT2D eigenvalue weighted by molar-refractivity contribution is -0.139. The van der Waals surface area contributed by atoms with Crippen LogP contribution in [0.3, 0.4) is 0 Å². The molecule has 180 valence electrons. The van der Waals surface area contributed by atoms with Gasteiger partial charge in [0.2, 0.25) is 0 Å². The maximum Gasteiger partial charge on any atom is 0.355 e. The third-order valence-corrected chi connectivity index (χ3v) is 6.03. The zero-order chi connectivity index (χ0) is 25.7. The highest BCUT2D eigenvalue weighted by molar-refractivity contribution is 6.06. The topological polar surface area (TPSA) is 106 Å². The number of methoxy groups -OCH3 is 2. The molecule has 1 heterocycles. The second-order valence-electron chi connectivity index (χ2n) is 8.17. The van der Waals surface area contributed by atoms with Gasteiger partial charge in [0.25, 0.3) is 0 Å². The Morgan fingerprint density at radius 2 is 1.50 bits per heavy atom. The summed E-state index contributed by atoms with van der Waals surface area (Å²) in [4.78, 5) is 27.7. The Labute approximate surface area is 209 Å². The first-order valence-corrected chi connectivity index (χ1v) is 11.3. The Kier molecular flexibility index (Phi) is 7.17. The molecule has 0 saturated heterocycles. The second kappa shape index (κ2) is 10.6. The van der Waals surface area contributed by atoms with Crippen LogP contribution in [-0.4, -0.2) is 26.2 Å². The van der Waals surface area contributed by atoms with Crippen molar-refractivity contribution in [3.63, 3.8) is 0 Å². The molecule has 0 saturated carbocycles. The number of carbonyl (C=O) groups is 2. The summed E-state index contributed by atoms with van der Waals surface area (Å²) in [7, 11) is 2.45.